The van der Waals surface area contributed by atoms with Gasteiger partial charge in [-0.25, -0.2) is 0 Å². The summed E-state index contributed by atoms with van der Waals surface area (Å²) in [6.07, 6.45) is -4.28. The first-order valence-electron chi connectivity index (χ1n) is 5.86. The fourth-order valence-corrected chi connectivity index (χ4v) is 1.66. The molecular weight excluding hydrogens is 261 g/mol. The summed E-state index contributed by atoms with van der Waals surface area (Å²) in [6, 6.07) is 5.43. The number of ether oxygens (including phenoxy) is 2. The molecule has 7 heteroatoms. The fraction of sp³-hybridized carbons (Fsp3) is 0.500. The zero-order valence-electron chi connectivity index (χ0n) is 10.5. The van der Waals surface area contributed by atoms with Gasteiger partial charge < -0.3 is 9.47 Å². The predicted molar refractivity (Wildman–Crippen MR) is 64.3 cm³/mol. The number of benzene rings is 1. The summed E-state index contributed by atoms with van der Waals surface area (Å²) >= 11 is 0. The molecule has 0 bridgehead atoms. The highest BCUT2D eigenvalue weighted by molar-refractivity contribution is 5.36. The molecule has 4 nitrogen and oxygen atoms in total. The van der Waals surface area contributed by atoms with Crippen LogP contribution in [-0.4, -0.2) is 19.6 Å². The van der Waals surface area contributed by atoms with Gasteiger partial charge in [-0.2, -0.15) is 0 Å². The molecule has 0 aromatic heterocycles. The molecule has 1 rings (SSSR count). The second-order valence-electron chi connectivity index (χ2n) is 3.79. The van der Waals surface area contributed by atoms with E-state index in [0.29, 0.717) is 25.2 Å². The van der Waals surface area contributed by atoms with Crippen LogP contribution in [0.5, 0.6) is 5.75 Å². The summed E-state index contributed by atoms with van der Waals surface area (Å²) in [5.74, 6) is 5.12. The van der Waals surface area contributed by atoms with Gasteiger partial charge in [0.2, 0.25) is 0 Å². The maximum absolute atomic E-state index is 12.3. The van der Waals surface area contributed by atoms with Crippen LogP contribution in [0.1, 0.15) is 24.9 Å². The molecule has 0 spiro atoms. The number of nitrogens with one attached hydrogen (secondary N) is 1. The van der Waals surface area contributed by atoms with E-state index in [1.165, 1.54) is 18.2 Å². The van der Waals surface area contributed by atoms with Crippen molar-refractivity contribution in [3.8, 4) is 5.75 Å². The lowest BCUT2D eigenvalue weighted by molar-refractivity contribution is -0.275. The Kier molecular flexibility index (Phi) is 6.07. The lowest BCUT2D eigenvalue weighted by Gasteiger charge is -2.20. The third-order valence-electron chi connectivity index (χ3n) is 2.48. The molecule has 108 valence electrons. The van der Waals surface area contributed by atoms with E-state index in [1.807, 2.05) is 6.92 Å². The SMILES string of the molecule is CCOCCC(NN)c1ccccc1OC(F)(F)F. The molecule has 0 heterocycles. The van der Waals surface area contributed by atoms with Crippen LogP contribution in [-0.2, 0) is 4.74 Å². The van der Waals surface area contributed by atoms with Gasteiger partial charge in [-0.3, -0.25) is 11.3 Å². The van der Waals surface area contributed by atoms with Crippen molar-refractivity contribution in [2.45, 2.75) is 25.7 Å². The maximum Gasteiger partial charge on any atom is 0.573 e. The van der Waals surface area contributed by atoms with Crippen molar-refractivity contribution >= 4 is 0 Å². The first-order valence-corrected chi connectivity index (χ1v) is 5.86. The Bertz CT molecular complexity index is 385. The fourth-order valence-electron chi connectivity index (χ4n) is 1.66. The van der Waals surface area contributed by atoms with Crippen LogP contribution in [0, 0.1) is 0 Å². The summed E-state index contributed by atoms with van der Waals surface area (Å²) in [4.78, 5) is 0. The highest BCUT2D eigenvalue weighted by Crippen LogP contribution is 2.31. The van der Waals surface area contributed by atoms with Gasteiger partial charge in [0.15, 0.2) is 0 Å². The van der Waals surface area contributed by atoms with Crippen LogP contribution in [0.4, 0.5) is 13.2 Å². The number of hydrogen-bond acceptors (Lipinski definition) is 4. The van der Waals surface area contributed by atoms with Gasteiger partial charge in [0.05, 0.1) is 6.04 Å². The van der Waals surface area contributed by atoms with Crippen LogP contribution in [0.3, 0.4) is 0 Å². The Morgan fingerprint density at radius 3 is 2.58 bits per heavy atom. The molecule has 0 saturated carbocycles. The van der Waals surface area contributed by atoms with E-state index < -0.39 is 12.4 Å². The number of nitrogens with two attached hydrogens (primary N) is 1. The average molecular weight is 278 g/mol. The van der Waals surface area contributed by atoms with Gasteiger partial charge in [0.1, 0.15) is 5.75 Å². The molecule has 0 amide bonds. The van der Waals surface area contributed by atoms with Crippen molar-refractivity contribution in [1.82, 2.24) is 5.43 Å². The zero-order valence-corrected chi connectivity index (χ0v) is 10.5. The molecule has 0 radical (unpaired) electrons. The van der Waals surface area contributed by atoms with E-state index in [2.05, 4.69) is 10.2 Å². The van der Waals surface area contributed by atoms with Gasteiger partial charge in [-0.15, -0.1) is 13.2 Å². The second-order valence-corrected chi connectivity index (χ2v) is 3.79. The van der Waals surface area contributed by atoms with Crippen molar-refractivity contribution in [3.63, 3.8) is 0 Å². The largest absolute Gasteiger partial charge is 0.573 e. The Morgan fingerprint density at radius 2 is 2.00 bits per heavy atom. The Balaban J connectivity index is 2.84. The number of halogens is 3. The highest BCUT2D eigenvalue weighted by atomic mass is 19.4. The van der Waals surface area contributed by atoms with Crippen LogP contribution >= 0.6 is 0 Å². The van der Waals surface area contributed by atoms with E-state index in [1.54, 1.807) is 6.07 Å². The standard InChI is InChI=1S/C12H17F3N2O2/c1-2-18-8-7-10(17-16)9-5-3-4-6-11(9)19-12(13,14)15/h3-6,10,17H,2,7-8,16H2,1H3. The lowest BCUT2D eigenvalue weighted by atomic mass is 10.0. The van der Waals surface area contributed by atoms with Gasteiger partial charge in [-0.05, 0) is 19.4 Å². The minimum Gasteiger partial charge on any atom is -0.405 e. The molecule has 1 aromatic rings. The Hall–Kier alpha value is -1.31. The number of hydrazine groups is 1. The Labute approximate surface area is 109 Å². The summed E-state index contributed by atoms with van der Waals surface area (Å²) in [6.45, 7) is 2.77. The molecule has 3 N–H and O–H groups in total. The highest BCUT2D eigenvalue weighted by Gasteiger charge is 2.32. The molecule has 1 unspecified atom stereocenters. The molecule has 1 aromatic carbocycles. The molecule has 0 aliphatic heterocycles. The van der Waals surface area contributed by atoms with Crippen LogP contribution < -0.4 is 16.0 Å². The first kappa shape index (κ1) is 15.7. The van der Waals surface area contributed by atoms with E-state index in [4.69, 9.17) is 10.6 Å². The molecule has 0 fully saturated rings. The van der Waals surface area contributed by atoms with Crippen molar-refractivity contribution < 1.29 is 22.6 Å². The van der Waals surface area contributed by atoms with E-state index in [9.17, 15) is 13.2 Å². The molecular formula is C12H17F3N2O2. The summed E-state index contributed by atoms with van der Waals surface area (Å²) in [7, 11) is 0. The minimum absolute atomic E-state index is 0.255. The third-order valence-corrected chi connectivity index (χ3v) is 2.48. The van der Waals surface area contributed by atoms with Crippen LogP contribution in [0.2, 0.25) is 0 Å². The van der Waals surface area contributed by atoms with E-state index in [0.717, 1.165) is 0 Å². The first-order chi connectivity index (χ1) is 8.98. The van der Waals surface area contributed by atoms with Crippen LogP contribution in [0.15, 0.2) is 24.3 Å². The van der Waals surface area contributed by atoms with Gasteiger partial charge >= 0.3 is 6.36 Å². The quantitative estimate of drug-likeness (QED) is 0.457. The van der Waals surface area contributed by atoms with Gasteiger partial charge in [0.25, 0.3) is 0 Å². The Morgan fingerprint density at radius 1 is 1.32 bits per heavy atom. The zero-order chi connectivity index (χ0) is 14.3. The van der Waals surface area contributed by atoms with Crippen molar-refractivity contribution in [1.29, 1.82) is 0 Å². The number of rotatable bonds is 7. The van der Waals surface area contributed by atoms with Crippen molar-refractivity contribution in [2.75, 3.05) is 13.2 Å². The second kappa shape index (κ2) is 7.32. The van der Waals surface area contributed by atoms with E-state index in [-0.39, 0.29) is 5.75 Å². The number of alkyl halides is 3. The summed E-state index contributed by atoms with van der Waals surface area (Å²) in [5, 5.41) is 0. The topological polar surface area (TPSA) is 56.5 Å². The molecule has 19 heavy (non-hydrogen) atoms. The summed E-state index contributed by atoms with van der Waals surface area (Å²) < 4.78 is 46.0. The van der Waals surface area contributed by atoms with Gasteiger partial charge in [0, 0.05) is 18.8 Å². The summed E-state index contributed by atoms with van der Waals surface area (Å²) in [5.41, 5.74) is 2.83. The van der Waals surface area contributed by atoms with Crippen molar-refractivity contribution in [3.05, 3.63) is 29.8 Å². The molecule has 1 atom stereocenters. The average Bonchev–Trinajstić information content (AvgIpc) is 2.34. The maximum atomic E-state index is 12.3. The van der Waals surface area contributed by atoms with Crippen molar-refractivity contribution in [2.24, 2.45) is 5.84 Å². The van der Waals surface area contributed by atoms with E-state index >= 15 is 0 Å². The third kappa shape index (κ3) is 5.46. The monoisotopic (exact) mass is 278 g/mol. The number of para-hydroxylation sites is 1. The normalized spacial score (nSPS) is 13.3. The predicted octanol–water partition coefficient (Wildman–Crippen LogP) is 2.52. The minimum atomic E-state index is -4.73. The van der Waals surface area contributed by atoms with Crippen LogP contribution in [0.25, 0.3) is 0 Å². The lowest BCUT2D eigenvalue weighted by Crippen LogP contribution is -2.30. The smallest absolute Gasteiger partial charge is 0.405 e. The number of hydrogen-bond donors (Lipinski definition) is 2. The molecule has 0 saturated heterocycles. The molecule has 0 aliphatic carbocycles. The van der Waals surface area contributed by atoms with Gasteiger partial charge in [-0.1, -0.05) is 18.2 Å². The molecule has 0 aliphatic rings.